The molecule has 26 heavy (non-hydrogen) atoms. The average Bonchev–Trinajstić information content (AvgIpc) is 3.03. The van der Waals surface area contributed by atoms with E-state index in [1.54, 1.807) is 0 Å². The standard InChI is InChI=1S/C21H25NO3S/c1-21(2,3)15-8-10-16(11-9-15)22-19(23)13-25-20(24)18-12-14-6-4-5-7-17(14)26-18/h8-12H,4-7,13H2,1-3H3,(H,22,23). The molecule has 138 valence electrons. The number of anilines is 1. The van der Waals surface area contributed by atoms with Crippen LogP contribution in [0.5, 0.6) is 0 Å². The minimum absolute atomic E-state index is 0.0674. The Labute approximate surface area is 158 Å². The highest BCUT2D eigenvalue weighted by Gasteiger charge is 2.19. The summed E-state index contributed by atoms with van der Waals surface area (Å²) in [6.45, 7) is 6.15. The number of benzene rings is 1. The molecule has 1 amide bonds. The lowest BCUT2D eigenvalue weighted by Gasteiger charge is -2.19. The van der Waals surface area contributed by atoms with Crippen LogP contribution in [-0.2, 0) is 27.8 Å². The maximum atomic E-state index is 12.2. The molecule has 0 atom stereocenters. The number of ether oxygens (including phenoxy) is 1. The minimum atomic E-state index is -0.414. The predicted molar refractivity (Wildman–Crippen MR) is 105 cm³/mol. The third-order valence-corrected chi connectivity index (χ3v) is 5.78. The fraction of sp³-hybridized carbons (Fsp3) is 0.429. The van der Waals surface area contributed by atoms with Gasteiger partial charge in [-0.05, 0) is 60.4 Å². The van der Waals surface area contributed by atoms with Crippen molar-refractivity contribution < 1.29 is 14.3 Å². The molecule has 3 rings (SSSR count). The second kappa shape index (κ2) is 7.62. The van der Waals surface area contributed by atoms with E-state index in [0.29, 0.717) is 10.6 Å². The zero-order chi connectivity index (χ0) is 18.7. The predicted octanol–water partition coefficient (Wildman–Crippen LogP) is 4.72. The summed E-state index contributed by atoms with van der Waals surface area (Å²) in [4.78, 5) is 26.1. The summed E-state index contributed by atoms with van der Waals surface area (Å²) in [5, 5.41) is 2.76. The zero-order valence-electron chi connectivity index (χ0n) is 15.6. The molecule has 1 aliphatic rings. The first-order chi connectivity index (χ1) is 12.3. The number of aryl methyl sites for hydroxylation is 2. The molecule has 0 saturated carbocycles. The lowest BCUT2D eigenvalue weighted by molar-refractivity contribution is -0.119. The van der Waals surface area contributed by atoms with Crippen LogP contribution in [0.2, 0.25) is 0 Å². The monoisotopic (exact) mass is 371 g/mol. The van der Waals surface area contributed by atoms with Crippen LogP contribution < -0.4 is 5.32 Å². The van der Waals surface area contributed by atoms with Gasteiger partial charge in [0.15, 0.2) is 6.61 Å². The summed E-state index contributed by atoms with van der Waals surface area (Å²) < 4.78 is 5.18. The topological polar surface area (TPSA) is 55.4 Å². The highest BCUT2D eigenvalue weighted by atomic mass is 32.1. The van der Waals surface area contributed by atoms with Gasteiger partial charge >= 0.3 is 5.97 Å². The number of carbonyl (C=O) groups is 2. The van der Waals surface area contributed by atoms with E-state index < -0.39 is 5.97 Å². The minimum Gasteiger partial charge on any atom is -0.451 e. The van der Waals surface area contributed by atoms with Crippen molar-refractivity contribution in [3.63, 3.8) is 0 Å². The first kappa shape index (κ1) is 18.6. The van der Waals surface area contributed by atoms with Gasteiger partial charge in [-0.1, -0.05) is 32.9 Å². The largest absolute Gasteiger partial charge is 0.451 e. The van der Waals surface area contributed by atoms with Gasteiger partial charge in [-0.3, -0.25) is 4.79 Å². The van der Waals surface area contributed by atoms with Crippen molar-refractivity contribution in [2.45, 2.75) is 51.9 Å². The molecule has 0 saturated heterocycles. The first-order valence-electron chi connectivity index (χ1n) is 9.02. The molecule has 0 bridgehead atoms. The molecule has 1 aliphatic carbocycles. The molecule has 0 spiro atoms. The van der Waals surface area contributed by atoms with E-state index in [2.05, 4.69) is 26.1 Å². The number of carbonyl (C=O) groups excluding carboxylic acids is 2. The summed E-state index contributed by atoms with van der Waals surface area (Å²) in [6, 6.07) is 9.65. The fourth-order valence-electron chi connectivity index (χ4n) is 3.04. The Morgan fingerprint density at radius 1 is 1.12 bits per heavy atom. The Kier molecular flexibility index (Phi) is 5.47. The lowest BCUT2D eigenvalue weighted by Crippen LogP contribution is -2.20. The molecule has 0 fully saturated rings. The maximum Gasteiger partial charge on any atom is 0.348 e. The van der Waals surface area contributed by atoms with E-state index in [1.807, 2.05) is 30.3 Å². The first-order valence-corrected chi connectivity index (χ1v) is 9.84. The number of fused-ring (bicyclic) bond motifs is 1. The lowest BCUT2D eigenvalue weighted by atomic mass is 9.87. The van der Waals surface area contributed by atoms with Gasteiger partial charge in [-0.2, -0.15) is 0 Å². The Morgan fingerprint density at radius 2 is 1.81 bits per heavy atom. The van der Waals surface area contributed by atoms with Crippen LogP contribution in [0.25, 0.3) is 0 Å². The summed E-state index contributed by atoms with van der Waals surface area (Å²) in [6.07, 6.45) is 4.43. The molecule has 0 aliphatic heterocycles. The van der Waals surface area contributed by atoms with Crippen LogP contribution >= 0.6 is 11.3 Å². The second-order valence-corrected chi connectivity index (χ2v) is 8.85. The quantitative estimate of drug-likeness (QED) is 0.791. The Balaban J connectivity index is 1.52. The van der Waals surface area contributed by atoms with Crippen LogP contribution in [0, 0.1) is 0 Å². The Hall–Kier alpha value is -2.14. The molecule has 4 nitrogen and oxygen atoms in total. The normalized spacial score (nSPS) is 13.8. The summed E-state index contributed by atoms with van der Waals surface area (Å²) in [5.41, 5.74) is 3.23. The van der Waals surface area contributed by atoms with Crippen LogP contribution in [0.4, 0.5) is 5.69 Å². The van der Waals surface area contributed by atoms with Crippen LogP contribution in [0.1, 0.15) is 59.3 Å². The summed E-state index contributed by atoms with van der Waals surface area (Å²) >= 11 is 1.50. The van der Waals surface area contributed by atoms with Crippen LogP contribution in [0.15, 0.2) is 30.3 Å². The third-order valence-electron chi connectivity index (χ3n) is 4.57. The number of amides is 1. The number of rotatable bonds is 4. The molecule has 1 N–H and O–H groups in total. The number of hydrogen-bond acceptors (Lipinski definition) is 4. The molecule has 2 aromatic rings. The van der Waals surface area contributed by atoms with Gasteiger partial charge < -0.3 is 10.1 Å². The molecule has 0 radical (unpaired) electrons. The van der Waals surface area contributed by atoms with Crippen molar-refractivity contribution in [1.29, 1.82) is 0 Å². The molecule has 0 unspecified atom stereocenters. The Bertz CT molecular complexity index is 776. The van der Waals surface area contributed by atoms with Gasteiger partial charge in [0.25, 0.3) is 5.91 Å². The molecule has 1 heterocycles. The van der Waals surface area contributed by atoms with Crippen LogP contribution in [0.3, 0.4) is 0 Å². The fourth-order valence-corrected chi connectivity index (χ4v) is 4.19. The van der Waals surface area contributed by atoms with E-state index in [9.17, 15) is 9.59 Å². The van der Waals surface area contributed by atoms with Crippen molar-refractivity contribution in [2.24, 2.45) is 0 Å². The Morgan fingerprint density at radius 3 is 2.46 bits per heavy atom. The van der Waals surface area contributed by atoms with Crippen molar-refractivity contribution in [2.75, 3.05) is 11.9 Å². The molecule has 1 aromatic carbocycles. The number of esters is 1. The van der Waals surface area contributed by atoms with Crippen molar-refractivity contribution in [1.82, 2.24) is 0 Å². The SMILES string of the molecule is CC(C)(C)c1ccc(NC(=O)COC(=O)c2cc3c(s2)CCCC3)cc1. The maximum absolute atomic E-state index is 12.2. The number of nitrogens with one attached hydrogen (secondary N) is 1. The van der Waals surface area contributed by atoms with E-state index in [-0.39, 0.29) is 17.9 Å². The molecular weight excluding hydrogens is 346 g/mol. The van der Waals surface area contributed by atoms with Gasteiger partial charge in [0, 0.05) is 10.6 Å². The van der Waals surface area contributed by atoms with Crippen molar-refractivity contribution in [3.05, 3.63) is 51.2 Å². The van der Waals surface area contributed by atoms with Crippen molar-refractivity contribution >= 4 is 28.9 Å². The van der Waals surface area contributed by atoms with E-state index in [0.717, 1.165) is 12.8 Å². The molecular formula is C21H25NO3S. The van der Waals surface area contributed by atoms with Gasteiger partial charge in [0.1, 0.15) is 4.88 Å². The highest BCUT2D eigenvalue weighted by Crippen LogP contribution is 2.30. The second-order valence-electron chi connectivity index (χ2n) is 7.72. The molecule has 1 aromatic heterocycles. The van der Waals surface area contributed by atoms with Gasteiger partial charge in [-0.25, -0.2) is 4.79 Å². The van der Waals surface area contributed by atoms with Crippen LogP contribution in [-0.4, -0.2) is 18.5 Å². The smallest absolute Gasteiger partial charge is 0.348 e. The van der Waals surface area contributed by atoms with Gasteiger partial charge in [-0.15, -0.1) is 11.3 Å². The van der Waals surface area contributed by atoms with Gasteiger partial charge in [0.05, 0.1) is 0 Å². The van der Waals surface area contributed by atoms with Crippen molar-refractivity contribution in [3.8, 4) is 0 Å². The molecule has 5 heteroatoms. The van der Waals surface area contributed by atoms with E-state index in [4.69, 9.17) is 4.74 Å². The number of thiophene rings is 1. The average molecular weight is 372 g/mol. The van der Waals surface area contributed by atoms with Gasteiger partial charge in [0.2, 0.25) is 0 Å². The van der Waals surface area contributed by atoms with E-state index in [1.165, 1.54) is 40.2 Å². The van der Waals surface area contributed by atoms with E-state index >= 15 is 0 Å². The third kappa shape index (κ3) is 4.52. The number of hydrogen-bond donors (Lipinski definition) is 1. The zero-order valence-corrected chi connectivity index (χ0v) is 16.4. The summed E-state index contributed by atoms with van der Waals surface area (Å²) in [7, 11) is 0. The highest BCUT2D eigenvalue weighted by molar-refractivity contribution is 7.14. The summed E-state index contributed by atoms with van der Waals surface area (Å²) in [5.74, 6) is -0.745.